The Morgan fingerprint density at radius 2 is 2.38 bits per heavy atom. The third-order valence-corrected chi connectivity index (χ3v) is 3.66. The average Bonchev–Trinajstić information content (AvgIpc) is 3.11. The first-order chi connectivity index (χ1) is 12.5. The molecule has 5 nitrogen and oxygen atoms in total. The maximum Gasteiger partial charge on any atom is 0.407 e. The first-order valence-electron chi connectivity index (χ1n) is 9.84. The summed E-state index contributed by atoms with van der Waals surface area (Å²) in [5.41, 5.74) is 2.73. The standard InChI is InChI=1S/C16H21N3O2/c1-19(2)6-5-12-9-17-15-4-3-11(8-14(12)15)7-13-10-21-16(20)18-13/h3-4,8-9,13,17H,5-7,10H2,1-2H3,(H,18,20)/t13-/m1/s1/i1D3,2D3. The van der Waals surface area contributed by atoms with Crippen LogP contribution in [0.5, 0.6) is 0 Å². The molecule has 112 valence electrons. The fraction of sp³-hybridized carbons (Fsp3) is 0.438. The van der Waals surface area contributed by atoms with E-state index in [2.05, 4.69) is 10.3 Å². The number of cyclic esters (lactones) is 1. The molecule has 0 saturated carbocycles. The summed E-state index contributed by atoms with van der Waals surface area (Å²) in [6.45, 7) is -5.17. The van der Waals surface area contributed by atoms with Gasteiger partial charge in [-0.3, -0.25) is 0 Å². The lowest BCUT2D eigenvalue weighted by atomic mass is 10.0. The minimum absolute atomic E-state index is 0.0843. The smallest absolute Gasteiger partial charge is 0.407 e. The largest absolute Gasteiger partial charge is 0.447 e. The number of amides is 1. The Hall–Kier alpha value is -2.01. The summed E-state index contributed by atoms with van der Waals surface area (Å²) in [5.74, 6) is 0. The third-order valence-electron chi connectivity index (χ3n) is 3.66. The van der Waals surface area contributed by atoms with E-state index >= 15 is 0 Å². The van der Waals surface area contributed by atoms with Gasteiger partial charge in [-0.25, -0.2) is 4.79 Å². The van der Waals surface area contributed by atoms with Crippen LogP contribution in [0, 0.1) is 0 Å². The quantitative estimate of drug-likeness (QED) is 0.885. The van der Waals surface area contributed by atoms with Crippen molar-refractivity contribution in [3.8, 4) is 0 Å². The lowest BCUT2D eigenvalue weighted by molar-refractivity contribution is 0.177. The Morgan fingerprint density at radius 3 is 3.14 bits per heavy atom. The number of ether oxygens (including phenoxy) is 1. The normalized spacial score (nSPS) is 23.7. The molecule has 1 amide bonds. The maximum absolute atomic E-state index is 11.1. The Labute approximate surface area is 132 Å². The van der Waals surface area contributed by atoms with E-state index in [0.717, 1.165) is 22.0 Å². The number of nitrogens with one attached hydrogen (secondary N) is 2. The molecule has 1 fully saturated rings. The number of aromatic amines is 1. The number of carbonyl (C=O) groups excluding carboxylic acids is 1. The highest BCUT2D eigenvalue weighted by atomic mass is 16.6. The van der Waals surface area contributed by atoms with Crippen molar-refractivity contribution in [2.75, 3.05) is 27.1 Å². The van der Waals surface area contributed by atoms with Crippen molar-refractivity contribution in [2.45, 2.75) is 18.9 Å². The Kier molecular flexibility index (Phi) is 2.32. The van der Waals surface area contributed by atoms with Gasteiger partial charge in [-0.2, -0.15) is 0 Å². The summed E-state index contributed by atoms with van der Waals surface area (Å²) < 4.78 is 49.6. The molecule has 1 aromatic carbocycles. The second-order valence-electron chi connectivity index (χ2n) is 5.24. The minimum Gasteiger partial charge on any atom is -0.447 e. The van der Waals surface area contributed by atoms with E-state index < -0.39 is 20.0 Å². The molecule has 5 heteroatoms. The molecule has 2 heterocycles. The molecule has 1 aromatic heterocycles. The second-order valence-corrected chi connectivity index (χ2v) is 5.24. The number of aromatic nitrogens is 1. The first-order valence-corrected chi connectivity index (χ1v) is 6.84. The SMILES string of the molecule is [2H]C([2H])([2H])N(CCc1c[nH]c2ccc(C[C@@H]3COC(=O)N3)cc12)C([2H])([2H])[2H]. The zero-order valence-electron chi connectivity index (χ0n) is 17.5. The van der Waals surface area contributed by atoms with Crippen molar-refractivity contribution in [2.24, 2.45) is 0 Å². The molecule has 2 aromatic rings. The van der Waals surface area contributed by atoms with Crippen molar-refractivity contribution in [1.29, 1.82) is 0 Å². The molecular formula is C16H21N3O2. The highest BCUT2D eigenvalue weighted by Gasteiger charge is 2.22. The van der Waals surface area contributed by atoms with Gasteiger partial charge in [0.15, 0.2) is 0 Å². The van der Waals surface area contributed by atoms with Gasteiger partial charge in [-0.1, -0.05) is 6.07 Å². The summed E-state index contributed by atoms with van der Waals surface area (Å²) in [6, 6.07) is 5.75. The topological polar surface area (TPSA) is 57.4 Å². The number of carbonyl (C=O) groups is 1. The van der Waals surface area contributed by atoms with Crippen LogP contribution in [0.15, 0.2) is 24.4 Å². The molecule has 0 radical (unpaired) electrons. The Morgan fingerprint density at radius 1 is 1.48 bits per heavy atom. The van der Waals surface area contributed by atoms with Gasteiger partial charge in [0.1, 0.15) is 6.61 Å². The van der Waals surface area contributed by atoms with Crippen molar-refractivity contribution in [1.82, 2.24) is 15.2 Å². The summed E-state index contributed by atoms with van der Waals surface area (Å²) >= 11 is 0. The highest BCUT2D eigenvalue weighted by molar-refractivity contribution is 5.84. The van der Waals surface area contributed by atoms with Crippen LogP contribution in [0.25, 0.3) is 10.9 Å². The van der Waals surface area contributed by atoms with E-state index in [0.29, 0.717) is 17.9 Å². The van der Waals surface area contributed by atoms with Crippen molar-refractivity contribution >= 4 is 17.0 Å². The molecule has 1 aliphatic heterocycles. The molecule has 2 N–H and O–H groups in total. The highest BCUT2D eigenvalue weighted by Crippen LogP contribution is 2.21. The van der Waals surface area contributed by atoms with E-state index in [4.69, 9.17) is 13.0 Å². The predicted octanol–water partition coefficient (Wildman–Crippen LogP) is 1.92. The number of hydrogen-bond donors (Lipinski definition) is 2. The molecule has 1 saturated heterocycles. The van der Waals surface area contributed by atoms with Crippen LogP contribution in [-0.4, -0.2) is 49.1 Å². The van der Waals surface area contributed by atoms with Crippen LogP contribution in [-0.2, 0) is 17.6 Å². The van der Waals surface area contributed by atoms with E-state index in [-0.39, 0.29) is 19.0 Å². The van der Waals surface area contributed by atoms with Crippen LogP contribution in [0.1, 0.15) is 19.4 Å². The number of H-pyrrole nitrogens is 1. The van der Waals surface area contributed by atoms with Gasteiger partial charge in [0.05, 0.1) is 6.04 Å². The van der Waals surface area contributed by atoms with Crippen LogP contribution in [0.2, 0.25) is 0 Å². The Bertz CT molecular complexity index is 816. The van der Waals surface area contributed by atoms with Gasteiger partial charge in [-0.05, 0) is 50.1 Å². The van der Waals surface area contributed by atoms with Gasteiger partial charge in [0, 0.05) is 31.9 Å². The van der Waals surface area contributed by atoms with Crippen molar-refractivity contribution in [3.63, 3.8) is 0 Å². The van der Waals surface area contributed by atoms with E-state index in [9.17, 15) is 4.79 Å². The summed E-state index contributed by atoms with van der Waals surface area (Å²) in [5, 5.41) is 3.64. The number of likely N-dealkylation sites (N-methyl/N-ethyl adjacent to an activating group) is 1. The molecule has 0 aliphatic carbocycles. The van der Waals surface area contributed by atoms with Crippen LogP contribution in [0.3, 0.4) is 0 Å². The maximum atomic E-state index is 11.1. The summed E-state index contributed by atoms with van der Waals surface area (Å²) in [4.78, 5) is 14.8. The van der Waals surface area contributed by atoms with Gasteiger partial charge in [-0.15, -0.1) is 0 Å². The fourth-order valence-electron chi connectivity index (χ4n) is 2.61. The molecule has 1 aliphatic rings. The Balaban J connectivity index is 1.76. The van der Waals surface area contributed by atoms with Gasteiger partial charge in [0.25, 0.3) is 0 Å². The molecule has 21 heavy (non-hydrogen) atoms. The number of fused-ring (bicyclic) bond motifs is 1. The number of benzene rings is 1. The number of nitrogens with zero attached hydrogens (tertiary/aromatic N) is 1. The molecule has 0 bridgehead atoms. The molecule has 0 unspecified atom stereocenters. The van der Waals surface area contributed by atoms with Crippen molar-refractivity contribution < 1.29 is 17.8 Å². The number of hydrogen-bond acceptors (Lipinski definition) is 3. The van der Waals surface area contributed by atoms with Crippen LogP contribution >= 0.6 is 0 Å². The lowest BCUT2D eigenvalue weighted by Crippen LogP contribution is -2.28. The zero-order chi connectivity index (χ0) is 19.8. The molecule has 0 spiro atoms. The lowest BCUT2D eigenvalue weighted by Gasteiger charge is -2.09. The summed E-state index contributed by atoms with van der Waals surface area (Å²) in [6.07, 6.45) is 2.25. The van der Waals surface area contributed by atoms with Gasteiger partial charge >= 0.3 is 6.09 Å². The number of alkyl carbamates (subject to hydrolysis) is 1. The molecular weight excluding hydrogens is 266 g/mol. The van der Waals surface area contributed by atoms with Crippen LogP contribution in [0.4, 0.5) is 4.79 Å². The zero-order valence-corrected chi connectivity index (χ0v) is 11.5. The number of rotatable bonds is 5. The van der Waals surface area contributed by atoms with E-state index in [1.165, 1.54) is 0 Å². The fourth-order valence-corrected chi connectivity index (χ4v) is 2.61. The minimum atomic E-state index is -2.69. The van der Waals surface area contributed by atoms with E-state index in [1.54, 1.807) is 6.20 Å². The monoisotopic (exact) mass is 293 g/mol. The third kappa shape index (κ3) is 3.19. The van der Waals surface area contributed by atoms with Gasteiger partial charge in [0.2, 0.25) is 0 Å². The van der Waals surface area contributed by atoms with Crippen LogP contribution < -0.4 is 5.32 Å². The second kappa shape index (κ2) is 5.77. The van der Waals surface area contributed by atoms with Gasteiger partial charge < -0.3 is 19.9 Å². The first kappa shape index (κ1) is 8.44. The molecule has 3 rings (SSSR count). The molecule has 1 atom stereocenters. The summed E-state index contributed by atoms with van der Waals surface area (Å²) in [7, 11) is 0. The predicted molar refractivity (Wildman–Crippen MR) is 82.5 cm³/mol. The van der Waals surface area contributed by atoms with E-state index in [1.807, 2.05) is 18.2 Å². The average molecular weight is 293 g/mol. The van der Waals surface area contributed by atoms with Crippen molar-refractivity contribution in [3.05, 3.63) is 35.5 Å².